The molecule has 2 nitrogen and oxygen atoms in total. The molecule has 1 aromatic rings. The molecular formula is C13H18Cl2N2. The third kappa shape index (κ3) is 3.49. The van der Waals surface area contributed by atoms with Gasteiger partial charge in [-0.25, -0.2) is 4.98 Å². The summed E-state index contributed by atoms with van der Waals surface area (Å²) in [5.41, 5.74) is 0. The van der Waals surface area contributed by atoms with Crippen LogP contribution in [0.4, 0.5) is 5.82 Å². The van der Waals surface area contributed by atoms with E-state index in [0.29, 0.717) is 10.0 Å². The molecule has 0 radical (unpaired) electrons. The molecule has 4 heteroatoms. The summed E-state index contributed by atoms with van der Waals surface area (Å²) in [6, 6.07) is 1.72. The average molecular weight is 273 g/mol. The molecule has 17 heavy (non-hydrogen) atoms. The van der Waals surface area contributed by atoms with E-state index in [1.807, 2.05) is 0 Å². The first kappa shape index (κ1) is 13.0. The van der Waals surface area contributed by atoms with Crippen molar-refractivity contribution in [2.24, 2.45) is 11.8 Å². The summed E-state index contributed by atoms with van der Waals surface area (Å²) in [6.07, 6.45) is 6.99. The molecule has 1 aromatic heterocycles. The summed E-state index contributed by atoms with van der Waals surface area (Å²) in [6.45, 7) is 3.29. The topological polar surface area (TPSA) is 24.9 Å². The minimum Gasteiger partial charge on any atom is -0.369 e. The van der Waals surface area contributed by atoms with E-state index in [1.165, 1.54) is 25.7 Å². The number of halogens is 2. The van der Waals surface area contributed by atoms with Crippen LogP contribution in [0.5, 0.6) is 0 Å². The van der Waals surface area contributed by atoms with Crippen molar-refractivity contribution < 1.29 is 0 Å². The fourth-order valence-electron chi connectivity index (χ4n) is 2.47. The number of anilines is 1. The number of nitrogens with one attached hydrogen (secondary N) is 1. The SMILES string of the molecule is CC1CCCCC1CNc1ncc(Cl)cc1Cl. The van der Waals surface area contributed by atoms with E-state index in [1.54, 1.807) is 12.3 Å². The zero-order valence-electron chi connectivity index (χ0n) is 10.0. The van der Waals surface area contributed by atoms with E-state index in [-0.39, 0.29) is 0 Å². The first-order valence-corrected chi connectivity index (χ1v) is 6.97. The summed E-state index contributed by atoms with van der Waals surface area (Å²) in [4.78, 5) is 4.21. The van der Waals surface area contributed by atoms with Crippen molar-refractivity contribution in [2.75, 3.05) is 11.9 Å². The van der Waals surface area contributed by atoms with E-state index in [0.717, 1.165) is 24.2 Å². The first-order valence-electron chi connectivity index (χ1n) is 6.21. The van der Waals surface area contributed by atoms with Crippen LogP contribution in [0.3, 0.4) is 0 Å². The molecular weight excluding hydrogens is 255 g/mol. The largest absolute Gasteiger partial charge is 0.369 e. The third-order valence-electron chi connectivity index (χ3n) is 3.63. The molecule has 1 N–H and O–H groups in total. The molecule has 0 aliphatic heterocycles. The van der Waals surface area contributed by atoms with Gasteiger partial charge in [0.25, 0.3) is 0 Å². The zero-order valence-corrected chi connectivity index (χ0v) is 11.6. The van der Waals surface area contributed by atoms with Gasteiger partial charge in [0.05, 0.1) is 10.0 Å². The maximum absolute atomic E-state index is 6.07. The van der Waals surface area contributed by atoms with Gasteiger partial charge >= 0.3 is 0 Å². The van der Waals surface area contributed by atoms with Gasteiger partial charge in [-0.3, -0.25) is 0 Å². The second kappa shape index (κ2) is 5.92. The Hall–Kier alpha value is -0.470. The van der Waals surface area contributed by atoms with Gasteiger partial charge in [0.15, 0.2) is 0 Å². The van der Waals surface area contributed by atoms with Crippen LogP contribution in [0.15, 0.2) is 12.3 Å². The number of hydrogen-bond donors (Lipinski definition) is 1. The van der Waals surface area contributed by atoms with Crippen LogP contribution >= 0.6 is 23.2 Å². The highest BCUT2D eigenvalue weighted by atomic mass is 35.5. The Morgan fingerprint density at radius 1 is 1.35 bits per heavy atom. The van der Waals surface area contributed by atoms with Gasteiger partial charge in [-0.05, 0) is 24.3 Å². The second-order valence-corrected chi connectivity index (χ2v) is 5.73. The Morgan fingerprint density at radius 3 is 2.82 bits per heavy atom. The molecule has 1 saturated carbocycles. The maximum atomic E-state index is 6.07. The molecule has 94 valence electrons. The average Bonchev–Trinajstić information content (AvgIpc) is 2.30. The monoisotopic (exact) mass is 272 g/mol. The summed E-state index contributed by atoms with van der Waals surface area (Å²) in [5.74, 6) is 2.27. The molecule has 0 aromatic carbocycles. The first-order chi connectivity index (χ1) is 8.16. The maximum Gasteiger partial charge on any atom is 0.144 e. The highest BCUT2D eigenvalue weighted by Gasteiger charge is 2.21. The Labute approximate surface area is 113 Å². The molecule has 1 fully saturated rings. The highest BCUT2D eigenvalue weighted by molar-refractivity contribution is 6.35. The van der Waals surface area contributed by atoms with Crippen molar-refractivity contribution in [2.45, 2.75) is 32.6 Å². The molecule has 0 saturated heterocycles. The van der Waals surface area contributed by atoms with Gasteiger partial charge in [0.1, 0.15) is 5.82 Å². The number of aromatic nitrogens is 1. The minimum atomic E-state index is 0.576. The predicted octanol–water partition coefficient (Wildman–Crippen LogP) is 4.63. The van der Waals surface area contributed by atoms with Crippen LogP contribution in [0.1, 0.15) is 32.6 Å². The summed E-state index contributed by atoms with van der Waals surface area (Å²) in [5, 5.41) is 4.51. The molecule has 2 unspecified atom stereocenters. The van der Waals surface area contributed by atoms with Gasteiger partial charge < -0.3 is 5.32 Å². The minimum absolute atomic E-state index is 0.576. The van der Waals surface area contributed by atoms with Crippen molar-refractivity contribution in [3.63, 3.8) is 0 Å². The summed E-state index contributed by atoms with van der Waals surface area (Å²) in [7, 11) is 0. The van der Waals surface area contributed by atoms with Crippen molar-refractivity contribution in [1.82, 2.24) is 4.98 Å². The Balaban J connectivity index is 1.92. The third-order valence-corrected chi connectivity index (χ3v) is 4.12. The molecule has 0 spiro atoms. The lowest BCUT2D eigenvalue weighted by Gasteiger charge is -2.29. The molecule has 1 aliphatic rings. The number of pyridine rings is 1. The van der Waals surface area contributed by atoms with E-state index in [2.05, 4.69) is 17.2 Å². The van der Waals surface area contributed by atoms with E-state index < -0.39 is 0 Å². The van der Waals surface area contributed by atoms with Crippen LogP contribution < -0.4 is 5.32 Å². The molecule has 0 amide bonds. The van der Waals surface area contributed by atoms with Crippen LogP contribution in [0, 0.1) is 11.8 Å². The number of hydrogen-bond acceptors (Lipinski definition) is 2. The Bertz CT molecular complexity index is 382. The van der Waals surface area contributed by atoms with Gasteiger partial charge in [-0.1, -0.05) is 49.4 Å². The van der Waals surface area contributed by atoms with Crippen LogP contribution in [-0.2, 0) is 0 Å². The van der Waals surface area contributed by atoms with Gasteiger partial charge in [-0.15, -0.1) is 0 Å². The highest BCUT2D eigenvalue weighted by Crippen LogP contribution is 2.30. The smallest absolute Gasteiger partial charge is 0.144 e. The lowest BCUT2D eigenvalue weighted by Crippen LogP contribution is -2.24. The molecule has 0 bridgehead atoms. The Kier molecular flexibility index (Phi) is 4.52. The van der Waals surface area contributed by atoms with E-state index in [4.69, 9.17) is 23.2 Å². The van der Waals surface area contributed by atoms with E-state index in [9.17, 15) is 0 Å². The molecule has 2 atom stereocenters. The van der Waals surface area contributed by atoms with Crippen molar-refractivity contribution in [3.8, 4) is 0 Å². The van der Waals surface area contributed by atoms with Crippen molar-refractivity contribution in [1.29, 1.82) is 0 Å². The lowest BCUT2D eigenvalue weighted by molar-refractivity contribution is 0.268. The zero-order chi connectivity index (χ0) is 12.3. The molecule has 2 rings (SSSR count). The number of rotatable bonds is 3. The summed E-state index contributed by atoms with van der Waals surface area (Å²) >= 11 is 11.9. The molecule has 1 heterocycles. The second-order valence-electron chi connectivity index (χ2n) is 4.89. The standard InChI is InChI=1S/C13H18Cl2N2/c1-9-4-2-3-5-10(9)7-16-13-12(15)6-11(14)8-17-13/h6,8-10H,2-5,7H2,1H3,(H,16,17). The van der Waals surface area contributed by atoms with Crippen molar-refractivity contribution >= 4 is 29.0 Å². The molecule has 1 aliphatic carbocycles. The fraction of sp³-hybridized carbons (Fsp3) is 0.615. The van der Waals surface area contributed by atoms with Crippen LogP contribution in [-0.4, -0.2) is 11.5 Å². The van der Waals surface area contributed by atoms with Gasteiger partial charge in [0, 0.05) is 12.7 Å². The van der Waals surface area contributed by atoms with Gasteiger partial charge in [0.2, 0.25) is 0 Å². The fourth-order valence-corrected chi connectivity index (χ4v) is 2.92. The summed E-state index contributed by atoms with van der Waals surface area (Å²) < 4.78 is 0. The van der Waals surface area contributed by atoms with Crippen LogP contribution in [0.2, 0.25) is 10.0 Å². The predicted molar refractivity (Wildman–Crippen MR) is 73.9 cm³/mol. The number of nitrogens with zero attached hydrogens (tertiary/aromatic N) is 1. The lowest BCUT2D eigenvalue weighted by atomic mass is 9.80. The van der Waals surface area contributed by atoms with Gasteiger partial charge in [-0.2, -0.15) is 0 Å². The quantitative estimate of drug-likeness (QED) is 0.868. The Morgan fingerprint density at radius 2 is 2.12 bits per heavy atom. The van der Waals surface area contributed by atoms with Crippen LogP contribution in [0.25, 0.3) is 0 Å². The van der Waals surface area contributed by atoms with Crippen molar-refractivity contribution in [3.05, 3.63) is 22.3 Å². The van der Waals surface area contributed by atoms with E-state index >= 15 is 0 Å². The normalized spacial score (nSPS) is 24.6.